The fraction of sp³-hybridized carbons (Fsp3) is 0.234. The Balaban J connectivity index is 1.43. The third-order valence-electron chi connectivity index (χ3n) is 10.5. The molecule has 0 aromatic heterocycles. The predicted octanol–water partition coefficient (Wildman–Crippen LogP) is 12.3. The highest BCUT2D eigenvalue weighted by Crippen LogP contribution is 2.57. The predicted molar refractivity (Wildman–Crippen MR) is 213 cm³/mol. The topological polar surface area (TPSA) is 70.5 Å². The molecule has 4 N–H and O–H groups in total. The van der Waals surface area contributed by atoms with Crippen molar-refractivity contribution in [2.24, 2.45) is 0 Å². The SMILES string of the molecule is Cc1cc(C2(c3cc(C)c(Oc4ccc(N)cc4C(C)C)c(C)c3)c3ccccc3-c3ccccc32)cc(C)c1Oc1ccc(N)cc1C(C)C. The van der Waals surface area contributed by atoms with E-state index in [-0.39, 0.29) is 11.8 Å². The van der Waals surface area contributed by atoms with Crippen LogP contribution in [-0.2, 0) is 5.41 Å². The third kappa shape index (κ3) is 5.73. The lowest BCUT2D eigenvalue weighted by atomic mass is 9.66. The van der Waals surface area contributed by atoms with Crippen molar-refractivity contribution in [3.63, 3.8) is 0 Å². The van der Waals surface area contributed by atoms with Gasteiger partial charge in [-0.1, -0.05) is 100 Å². The first-order valence-electron chi connectivity index (χ1n) is 18.0. The Bertz CT molecular complexity index is 2090. The molecule has 4 nitrogen and oxygen atoms in total. The van der Waals surface area contributed by atoms with Crippen LogP contribution in [0.4, 0.5) is 11.4 Å². The lowest BCUT2D eigenvalue weighted by molar-refractivity contribution is 0.465. The summed E-state index contributed by atoms with van der Waals surface area (Å²) in [5.74, 6) is 3.98. The Labute approximate surface area is 303 Å². The zero-order valence-electron chi connectivity index (χ0n) is 31.0. The maximum atomic E-state index is 6.75. The van der Waals surface area contributed by atoms with Crippen LogP contribution in [-0.4, -0.2) is 0 Å². The first-order chi connectivity index (χ1) is 24.4. The highest BCUT2D eigenvalue weighted by molar-refractivity contribution is 5.86. The van der Waals surface area contributed by atoms with Crippen LogP contribution < -0.4 is 20.9 Å². The molecule has 0 atom stereocenters. The molecule has 0 bridgehead atoms. The third-order valence-corrected chi connectivity index (χ3v) is 10.5. The summed E-state index contributed by atoms with van der Waals surface area (Å²) in [6.07, 6.45) is 0. The van der Waals surface area contributed by atoms with E-state index in [9.17, 15) is 0 Å². The lowest BCUT2D eigenvalue weighted by Gasteiger charge is -2.35. The molecule has 0 heterocycles. The fourth-order valence-electron chi connectivity index (χ4n) is 8.12. The summed E-state index contributed by atoms with van der Waals surface area (Å²) < 4.78 is 13.5. The molecule has 6 aromatic carbocycles. The summed E-state index contributed by atoms with van der Waals surface area (Å²) >= 11 is 0. The molecule has 0 fully saturated rings. The first-order valence-corrected chi connectivity index (χ1v) is 18.0. The van der Waals surface area contributed by atoms with E-state index in [0.29, 0.717) is 0 Å². The van der Waals surface area contributed by atoms with Crippen molar-refractivity contribution in [2.75, 3.05) is 11.5 Å². The van der Waals surface area contributed by atoms with E-state index in [0.717, 1.165) is 67.8 Å². The van der Waals surface area contributed by atoms with E-state index in [1.54, 1.807) is 0 Å². The number of aryl methyl sites for hydroxylation is 4. The minimum Gasteiger partial charge on any atom is -0.457 e. The maximum absolute atomic E-state index is 6.75. The normalized spacial score (nSPS) is 13.0. The van der Waals surface area contributed by atoms with Crippen LogP contribution in [0.3, 0.4) is 0 Å². The number of hydrogen-bond donors (Lipinski definition) is 2. The van der Waals surface area contributed by atoms with Gasteiger partial charge in [0, 0.05) is 11.4 Å². The Morgan fingerprint density at radius 1 is 0.471 bits per heavy atom. The van der Waals surface area contributed by atoms with Crippen molar-refractivity contribution in [1.82, 2.24) is 0 Å². The number of nitrogens with two attached hydrogens (primary N) is 2. The number of fused-ring (bicyclic) bond motifs is 3. The largest absolute Gasteiger partial charge is 0.457 e. The second kappa shape index (κ2) is 13.0. The molecular formula is C47H48N2O2. The van der Waals surface area contributed by atoms with Crippen molar-refractivity contribution in [3.8, 4) is 34.1 Å². The minimum atomic E-state index is -0.566. The van der Waals surface area contributed by atoms with Crippen molar-refractivity contribution in [2.45, 2.75) is 72.6 Å². The number of anilines is 2. The van der Waals surface area contributed by atoms with Crippen LogP contribution in [0.1, 0.15) is 95.2 Å². The van der Waals surface area contributed by atoms with E-state index in [2.05, 4.69) is 128 Å². The fourth-order valence-corrected chi connectivity index (χ4v) is 8.12. The molecular weight excluding hydrogens is 625 g/mol. The molecule has 0 aliphatic heterocycles. The Hall–Kier alpha value is -5.48. The number of benzene rings is 6. The Kier molecular flexibility index (Phi) is 8.67. The van der Waals surface area contributed by atoms with Crippen LogP contribution in [0.15, 0.2) is 109 Å². The van der Waals surface area contributed by atoms with E-state index in [4.69, 9.17) is 20.9 Å². The molecule has 7 rings (SSSR count). The quantitative estimate of drug-likeness (QED) is 0.158. The van der Waals surface area contributed by atoms with Crippen LogP contribution in [0.5, 0.6) is 23.0 Å². The number of rotatable bonds is 8. The van der Waals surface area contributed by atoms with Crippen LogP contribution in [0.25, 0.3) is 11.1 Å². The molecule has 1 aliphatic carbocycles. The van der Waals surface area contributed by atoms with Crippen molar-refractivity contribution >= 4 is 11.4 Å². The van der Waals surface area contributed by atoms with Gasteiger partial charge in [0.15, 0.2) is 0 Å². The van der Waals surface area contributed by atoms with Crippen molar-refractivity contribution in [1.29, 1.82) is 0 Å². The van der Waals surface area contributed by atoms with E-state index in [1.165, 1.54) is 33.4 Å². The molecule has 0 saturated heterocycles. The van der Waals surface area contributed by atoms with Crippen LogP contribution >= 0.6 is 0 Å². The van der Waals surface area contributed by atoms with Gasteiger partial charge in [-0.2, -0.15) is 0 Å². The lowest BCUT2D eigenvalue weighted by Crippen LogP contribution is -2.29. The smallest absolute Gasteiger partial charge is 0.133 e. The molecule has 0 radical (unpaired) electrons. The van der Waals surface area contributed by atoms with E-state index >= 15 is 0 Å². The standard InChI is InChI=1S/C47H48N2O2/c1-27(2)39-25-35(48)17-19-43(39)50-45-29(5)21-33(22-30(45)6)47(41-15-11-9-13-37(41)38-14-10-12-16-42(38)47)34-23-31(7)46(32(8)24-34)51-44-20-18-36(49)26-40(44)28(3)4/h9-28H,48-49H2,1-8H3. The summed E-state index contributed by atoms with van der Waals surface area (Å²) in [5, 5.41) is 0. The van der Waals surface area contributed by atoms with Gasteiger partial charge in [0.2, 0.25) is 0 Å². The van der Waals surface area contributed by atoms with Gasteiger partial charge >= 0.3 is 0 Å². The zero-order chi connectivity index (χ0) is 36.2. The van der Waals surface area contributed by atoms with Crippen molar-refractivity contribution in [3.05, 3.63) is 165 Å². The van der Waals surface area contributed by atoms with Gasteiger partial charge < -0.3 is 20.9 Å². The minimum absolute atomic E-state index is 0.272. The molecule has 0 amide bonds. The van der Waals surface area contributed by atoms with E-state index in [1.807, 2.05) is 36.4 Å². The Morgan fingerprint density at radius 2 is 0.824 bits per heavy atom. The first kappa shape index (κ1) is 34.0. The highest BCUT2D eigenvalue weighted by atomic mass is 16.5. The van der Waals surface area contributed by atoms with Crippen LogP contribution in [0, 0.1) is 27.7 Å². The molecule has 0 spiro atoms. The van der Waals surface area contributed by atoms with E-state index < -0.39 is 5.41 Å². The number of ether oxygens (including phenoxy) is 2. The molecule has 258 valence electrons. The summed E-state index contributed by atoms with van der Waals surface area (Å²) in [6, 6.07) is 38.9. The highest BCUT2D eigenvalue weighted by Gasteiger charge is 2.46. The van der Waals surface area contributed by atoms with Gasteiger partial charge in [-0.25, -0.2) is 0 Å². The van der Waals surface area contributed by atoms with Gasteiger partial charge in [-0.05, 0) is 143 Å². The average Bonchev–Trinajstić information content (AvgIpc) is 3.40. The second-order valence-corrected chi connectivity index (χ2v) is 14.8. The molecule has 6 aromatic rings. The summed E-state index contributed by atoms with van der Waals surface area (Å²) in [6.45, 7) is 17.3. The monoisotopic (exact) mass is 672 g/mol. The maximum Gasteiger partial charge on any atom is 0.133 e. The van der Waals surface area contributed by atoms with Crippen molar-refractivity contribution < 1.29 is 9.47 Å². The molecule has 51 heavy (non-hydrogen) atoms. The number of hydrogen-bond acceptors (Lipinski definition) is 4. The zero-order valence-corrected chi connectivity index (χ0v) is 31.0. The molecule has 1 aliphatic rings. The Morgan fingerprint density at radius 3 is 1.18 bits per heavy atom. The average molecular weight is 673 g/mol. The molecule has 0 saturated carbocycles. The molecule has 4 heteroatoms. The number of nitrogen functional groups attached to an aromatic ring is 2. The summed E-state index contributed by atoms with van der Waals surface area (Å²) in [4.78, 5) is 0. The van der Waals surface area contributed by atoms with Gasteiger partial charge in [0.05, 0.1) is 5.41 Å². The van der Waals surface area contributed by atoms with Crippen LogP contribution in [0.2, 0.25) is 0 Å². The summed E-state index contributed by atoms with van der Waals surface area (Å²) in [5.41, 5.74) is 27.3. The van der Waals surface area contributed by atoms with Gasteiger partial charge in [-0.3, -0.25) is 0 Å². The van der Waals surface area contributed by atoms with Gasteiger partial charge in [0.25, 0.3) is 0 Å². The van der Waals surface area contributed by atoms with Gasteiger partial charge in [0.1, 0.15) is 23.0 Å². The van der Waals surface area contributed by atoms with Gasteiger partial charge in [-0.15, -0.1) is 0 Å². The second-order valence-electron chi connectivity index (χ2n) is 14.8. The summed E-state index contributed by atoms with van der Waals surface area (Å²) in [7, 11) is 0. The molecule has 0 unspecified atom stereocenters.